The third-order valence-electron chi connectivity index (χ3n) is 3.04. The molecule has 1 aromatic carbocycles. The van der Waals surface area contributed by atoms with Crippen molar-refractivity contribution in [1.82, 2.24) is 4.90 Å². The molecule has 0 saturated carbocycles. The number of halogens is 2. The van der Waals surface area contributed by atoms with Gasteiger partial charge in [0.25, 0.3) is 5.91 Å². The van der Waals surface area contributed by atoms with Crippen LogP contribution in [-0.2, 0) is 4.79 Å². The topological polar surface area (TPSA) is 63.4 Å². The van der Waals surface area contributed by atoms with Crippen molar-refractivity contribution in [2.45, 2.75) is 6.42 Å². The summed E-state index contributed by atoms with van der Waals surface area (Å²) < 4.78 is 0.681. The molecule has 2 N–H and O–H groups in total. The van der Waals surface area contributed by atoms with E-state index < -0.39 is 0 Å². The first-order valence-corrected chi connectivity index (χ1v) is 6.70. The molecule has 0 spiro atoms. The van der Waals surface area contributed by atoms with Crippen LogP contribution in [0.2, 0.25) is 5.02 Å². The van der Waals surface area contributed by atoms with E-state index in [9.17, 15) is 9.59 Å². The van der Waals surface area contributed by atoms with Gasteiger partial charge < -0.3 is 10.6 Å². The lowest BCUT2D eigenvalue weighted by Crippen LogP contribution is -2.31. The highest BCUT2D eigenvalue weighted by atomic mass is 79.9. The van der Waals surface area contributed by atoms with E-state index in [0.717, 1.165) is 0 Å². The molecule has 18 heavy (non-hydrogen) atoms. The van der Waals surface area contributed by atoms with Gasteiger partial charge in [-0.05, 0) is 40.5 Å². The Morgan fingerprint density at radius 1 is 1.44 bits per heavy atom. The molecule has 2 amide bonds. The first-order valence-electron chi connectivity index (χ1n) is 5.52. The molecule has 1 unspecified atom stereocenters. The third kappa shape index (κ3) is 2.67. The van der Waals surface area contributed by atoms with E-state index in [1.165, 1.54) is 0 Å². The molecular weight excluding hydrogens is 320 g/mol. The zero-order valence-corrected chi connectivity index (χ0v) is 11.9. The Kier molecular flexibility index (Phi) is 3.92. The molecule has 1 saturated heterocycles. The van der Waals surface area contributed by atoms with Crippen LogP contribution in [0, 0.1) is 5.92 Å². The van der Waals surface area contributed by atoms with Crippen molar-refractivity contribution in [2.75, 3.05) is 13.1 Å². The summed E-state index contributed by atoms with van der Waals surface area (Å²) in [6, 6.07) is 5.02. The highest BCUT2D eigenvalue weighted by Crippen LogP contribution is 2.25. The number of likely N-dealkylation sites (tertiary alicyclic amines) is 1. The Labute approximate surface area is 118 Å². The maximum Gasteiger partial charge on any atom is 0.253 e. The number of amides is 2. The van der Waals surface area contributed by atoms with Crippen LogP contribution in [-0.4, -0.2) is 29.8 Å². The fraction of sp³-hybridized carbons (Fsp3) is 0.333. The maximum atomic E-state index is 12.2. The molecule has 1 fully saturated rings. The van der Waals surface area contributed by atoms with Crippen LogP contribution in [0.4, 0.5) is 0 Å². The van der Waals surface area contributed by atoms with Gasteiger partial charge in [0.05, 0.1) is 10.9 Å². The van der Waals surface area contributed by atoms with Gasteiger partial charge in [-0.3, -0.25) is 9.59 Å². The molecule has 2 rings (SSSR count). The molecule has 0 aliphatic carbocycles. The third-order valence-corrected chi connectivity index (χ3v) is 4.26. The molecule has 0 bridgehead atoms. The predicted molar refractivity (Wildman–Crippen MR) is 72.4 cm³/mol. The number of nitrogens with zero attached hydrogens (tertiary/aromatic N) is 1. The Hall–Kier alpha value is -1.07. The van der Waals surface area contributed by atoms with Crippen LogP contribution >= 0.6 is 27.5 Å². The van der Waals surface area contributed by atoms with Gasteiger partial charge in [-0.2, -0.15) is 0 Å². The van der Waals surface area contributed by atoms with Crippen LogP contribution in [0.3, 0.4) is 0 Å². The van der Waals surface area contributed by atoms with Gasteiger partial charge in [-0.15, -0.1) is 0 Å². The average molecular weight is 332 g/mol. The molecule has 1 atom stereocenters. The lowest BCUT2D eigenvalue weighted by molar-refractivity contribution is -0.121. The minimum Gasteiger partial charge on any atom is -0.369 e. The summed E-state index contributed by atoms with van der Waals surface area (Å²) in [5.74, 6) is -0.677. The van der Waals surface area contributed by atoms with Crippen molar-refractivity contribution < 1.29 is 9.59 Å². The van der Waals surface area contributed by atoms with Crippen LogP contribution in [0.25, 0.3) is 0 Å². The number of nitrogens with two attached hydrogens (primary N) is 1. The number of carbonyl (C=O) groups excluding carboxylic acids is 2. The molecule has 1 aliphatic rings. The Balaban J connectivity index is 2.12. The Bertz CT molecular complexity index is 507. The molecule has 0 aromatic heterocycles. The summed E-state index contributed by atoms with van der Waals surface area (Å²) in [5, 5.41) is 0.558. The average Bonchev–Trinajstić information content (AvgIpc) is 2.81. The van der Waals surface area contributed by atoms with Crippen LogP contribution < -0.4 is 5.73 Å². The highest BCUT2D eigenvalue weighted by molar-refractivity contribution is 9.10. The number of primary amides is 1. The minimum atomic E-state index is -0.345. The number of hydrogen-bond donors (Lipinski definition) is 1. The summed E-state index contributed by atoms with van der Waals surface area (Å²) in [4.78, 5) is 24.9. The van der Waals surface area contributed by atoms with Crippen LogP contribution in [0.5, 0.6) is 0 Å². The van der Waals surface area contributed by atoms with Gasteiger partial charge in [0.2, 0.25) is 5.91 Å². The first-order chi connectivity index (χ1) is 8.49. The second-order valence-corrected chi connectivity index (χ2v) is 5.53. The quantitative estimate of drug-likeness (QED) is 0.901. The fourth-order valence-electron chi connectivity index (χ4n) is 1.99. The number of hydrogen-bond acceptors (Lipinski definition) is 2. The number of rotatable bonds is 2. The van der Waals surface area contributed by atoms with Crippen molar-refractivity contribution in [2.24, 2.45) is 11.7 Å². The summed E-state index contributed by atoms with van der Waals surface area (Å²) in [6.07, 6.45) is 0.635. The van der Waals surface area contributed by atoms with E-state index in [0.29, 0.717) is 34.6 Å². The lowest BCUT2D eigenvalue weighted by atomic mass is 10.1. The summed E-state index contributed by atoms with van der Waals surface area (Å²) in [5.41, 5.74) is 5.79. The van der Waals surface area contributed by atoms with Crippen molar-refractivity contribution >= 4 is 39.3 Å². The van der Waals surface area contributed by atoms with Gasteiger partial charge >= 0.3 is 0 Å². The zero-order chi connectivity index (χ0) is 13.3. The molecule has 0 radical (unpaired) electrons. The van der Waals surface area contributed by atoms with E-state index >= 15 is 0 Å². The van der Waals surface area contributed by atoms with E-state index in [1.54, 1.807) is 23.1 Å². The molecule has 1 aliphatic heterocycles. The van der Waals surface area contributed by atoms with Gasteiger partial charge in [0.1, 0.15) is 0 Å². The van der Waals surface area contributed by atoms with Gasteiger partial charge in [-0.25, -0.2) is 0 Å². The van der Waals surface area contributed by atoms with Gasteiger partial charge in [-0.1, -0.05) is 11.6 Å². The first kappa shape index (κ1) is 13.4. The lowest BCUT2D eigenvalue weighted by Gasteiger charge is -2.16. The summed E-state index contributed by atoms with van der Waals surface area (Å²) >= 11 is 9.16. The monoisotopic (exact) mass is 330 g/mol. The second kappa shape index (κ2) is 5.28. The maximum absolute atomic E-state index is 12.2. The van der Waals surface area contributed by atoms with Crippen molar-refractivity contribution in [3.8, 4) is 0 Å². The van der Waals surface area contributed by atoms with E-state index in [1.807, 2.05) is 0 Å². The normalized spacial score (nSPS) is 19.0. The number of benzene rings is 1. The van der Waals surface area contributed by atoms with Gasteiger partial charge in [0, 0.05) is 23.1 Å². The van der Waals surface area contributed by atoms with E-state index in [2.05, 4.69) is 15.9 Å². The predicted octanol–water partition coefficient (Wildman–Crippen LogP) is 2.05. The van der Waals surface area contributed by atoms with E-state index in [-0.39, 0.29) is 17.7 Å². The molecule has 6 heteroatoms. The Morgan fingerprint density at radius 2 is 2.17 bits per heavy atom. The highest BCUT2D eigenvalue weighted by Gasteiger charge is 2.30. The minimum absolute atomic E-state index is 0.101. The van der Waals surface area contributed by atoms with Crippen molar-refractivity contribution in [1.29, 1.82) is 0 Å². The molecule has 96 valence electrons. The summed E-state index contributed by atoms with van der Waals surface area (Å²) in [7, 11) is 0. The van der Waals surface area contributed by atoms with Crippen LogP contribution in [0.1, 0.15) is 16.8 Å². The standard InChI is InChI=1S/C12H12BrClN2O2/c13-9-5-7(1-2-10(9)14)12(18)16-4-3-8(6-16)11(15)17/h1-2,5,8H,3-4,6H2,(H2,15,17). The largest absolute Gasteiger partial charge is 0.369 e. The molecule has 1 aromatic rings. The second-order valence-electron chi connectivity index (χ2n) is 4.27. The Morgan fingerprint density at radius 3 is 2.72 bits per heavy atom. The van der Waals surface area contributed by atoms with Gasteiger partial charge in [0.15, 0.2) is 0 Å². The fourth-order valence-corrected chi connectivity index (χ4v) is 2.49. The van der Waals surface area contributed by atoms with E-state index in [4.69, 9.17) is 17.3 Å². The smallest absolute Gasteiger partial charge is 0.253 e. The molecule has 4 nitrogen and oxygen atoms in total. The summed E-state index contributed by atoms with van der Waals surface area (Å²) in [6.45, 7) is 0.959. The molecular formula is C12H12BrClN2O2. The SMILES string of the molecule is NC(=O)C1CCN(C(=O)c2ccc(Cl)c(Br)c2)C1. The molecule has 1 heterocycles. The van der Waals surface area contributed by atoms with Crippen molar-refractivity contribution in [3.63, 3.8) is 0 Å². The van der Waals surface area contributed by atoms with Crippen LogP contribution in [0.15, 0.2) is 22.7 Å². The number of carbonyl (C=O) groups is 2. The van der Waals surface area contributed by atoms with Crippen molar-refractivity contribution in [3.05, 3.63) is 33.3 Å². The zero-order valence-electron chi connectivity index (χ0n) is 9.53.